The third-order valence-electron chi connectivity index (χ3n) is 5.93. The summed E-state index contributed by atoms with van der Waals surface area (Å²) in [4.78, 5) is 37.4. The fourth-order valence-corrected chi connectivity index (χ4v) is 4.30. The maximum absolute atomic E-state index is 12.9. The Morgan fingerprint density at radius 2 is 1.89 bits per heavy atom. The molecule has 6 nitrogen and oxygen atoms in total. The van der Waals surface area contributed by atoms with Crippen molar-refractivity contribution in [2.45, 2.75) is 25.7 Å². The second kappa shape index (κ2) is 7.10. The summed E-state index contributed by atoms with van der Waals surface area (Å²) in [6.07, 6.45) is 8.48. The Morgan fingerprint density at radius 1 is 1.15 bits per heavy atom. The number of hydrogen-bond acceptors (Lipinski definition) is 4. The molecule has 2 aliphatic rings. The molecule has 6 heteroatoms. The van der Waals surface area contributed by atoms with Crippen LogP contribution < -0.4 is 0 Å². The highest BCUT2D eigenvalue weighted by molar-refractivity contribution is 5.97. The molecule has 140 valence electrons. The van der Waals surface area contributed by atoms with Crippen molar-refractivity contribution in [1.29, 1.82) is 0 Å². The minimum atomic E-state index is 0.0484. The zero-order valence-electron chi connectivity index (χ0n) is 15.4. The molecular weight excluding hydrogens is 340 g/mol. The molecule has 4 rings (SSSR count). The van der Waals surface area contributed by atoms with Crippen LogP contribution in [-0.4, -0.2) is 57.8 Å². The minimum absolute atomic E-state index is 0.0484. The number of carbonyl (C=O) groups excluding carboxylic acids is 2. The number of carbonyl (C=O) groups is 2. The number of rotatable bonds is 3. The Morgan fingerprint density at radius 3 is 2.63 bits per heavy atom. The van der Waals surface area contributed by atoms with E-state index < -0.39 is 0 Å². The SMILES string of the molecule is C=CCN1CC2(CCC1=O)CCN(C(=O)c1ccc3nccnc3c1)CC2. The lowest BCUT2D eigenvalue weighted by Gasteiger charge is -2.47. The molecule has 0 bridgehead atoms. The lowest BCUT2D eigenvalue weighted by atomic mass is 9.72. The van der Waals surface area contributed by atoms with Crippen molar-refractivity contribution in [3.8, 4) is 0 Å². The summed E-state index contributed by atoms with van der Waals surface area (Å²) >= 11 is 0. The summed E-state index contributed by atoms with van der Waals surface area (Å²) in [5.41, 5.74) is 2.33. The quantitative estimate of drug-likeness (QED) is 0.786. The average Bonchev–Trinajstić information content (AvgIpc) is 2.71. The highest BCUT2D eigenvalue weighted by Gasteiger charge is 2.41. The molecule has 0 unspecified atom stereocenters. The van der Waals surface area contributed by atoms with Crippen molar-refractivity contribution in [3.05, 3.63) is 48.8 Å². The third kappa shape index (κ3) is 3.44. The van der Waals surface area contributed by atoms with Crippen LogP contribution in [0.5, 0.6) is 0 Å². The predicted octanol–water partition coefficient (Wildman–Crippen LogP) is 2.66. The van der Waals surface area contributed by atoms with Gasteiger partial charge in [-0.1, -0.05) is 6.08 Å². The third-order valence-corrected chi connectivity index (χ3v) is 5.93. The standard InChI is InChI=1S/C21H24N4O2/c1-2-11-25-15-21(6-5-19(25)26)7-12-24(13-8-21)20(27)16-3-4-17-18(14-16)23-10-9-22-17/h2-4,9-10,14H,1,5-8,11-13,15H2. The number of fused-ring (bicyclic) bond motifs is 1. The van der Waals surface area contributed by atoms with Gasteiger partial charge in [-0.2, -0.15) is 0 Å². The number of amides is 2. The summed E-state index contributed by atoms with van der Waals surface area (Å²) in [7, 11) is 0. The van der Waals surface area contributed by atoms with Crippen molar-refractivity contribution in [2.75, 3.05) is 26.2 Å². The van der Waals surface area contributed by atoms with E-state index in [1.807, 2.05) is 28.0 Å². The minimum Gasteiger partial charge on any atom is -0.339 e. The fourth-order valence-electron chi connectivity index (χ4n) is 4.30. The number of aromatic nitrogens is 2. The highest BCUT2D eigenvalue weighted by Crippen LogP contribution is 2.40. The molecule has 2 fully saturated rings. The number of nitrogens with zero attached hydrogens (tertiary/aromatic N) is 4. The molecule has 0 saturated carbocycles. The first-order chi connectivity index (χ1) is 13.1. The van der Waals surface area contributed by atoms with Crippen LogP contribution in [0.15, 0.2) is 43.2 Å². The van der Waals surface area contributed by atoms with Crippen molar-refractivity contribution in [1.82, 2.24) is 19.8 Å². The second-order valence-corrected chi connectivity index (χ2v) is 7.61. The summed E-state index contributed by atoms with van der Waals surface area (Å²) in [5, 5.41) is 0. The van der Waals surface area contributed by atoms with E-state index >= 15 is 0 Å². The van der Waals surface area contributed by atoms with Crippen LogP contribution in [0.1, 0.15) is 36.0 Å². The first-order valence-electron chi connectivity index (χ1n) is 9.49. The van der Waals surface area contributed by atoms with Crippen molar-refractivity contribution < 1.29 is 9.59 Å². The second-order valence-electron chi connectivity index (χ2n) is 7.61. The Labute approximate surface area is 158 Å². The van der Waals surface area contributed by atoms with E-state index in [0.29, 0.717) is 18.5 Å². The molecule has 1 aromatic heterocycles. The van der Waals surface area contributed by atoms with E-state index in [2.05, 4.69) is 16.5 Å². The molecule has 0 aliphatic carbocycles. The van der Waals surface area contributed by atoms with Gasteiger partial charge in [-0.25, -0.2) is 0 Å². The Hall–Kier alpha value is -2.76. The zero-order valence-corrected chi connectivity index (χ0v) is 15.4. The van der Waals surface area contributed by atoms with Crippen LogP contribution in [0.25, 0.3) is 11.0 Å². The van der Waals surface area contributed by atoms with E-state index in [0.717, 1.165) is 49.9 Å². The molecule has 27 heavy (non-hydrogen) atoms. The summed E-state index contributed by atoms with van der Waals surface area (Å²) in [6, 6.07) is 5.50. The average molecular weight is 364 g/mol. The van der Waals surface area contributed by atoms with E-state index in [4.69, 9.17) is 0 Å². The van der Waals surface area contributed by atoms with E-state index in [-0.39, 0.29) is 17.2 Å². The lowest BCUT2D eigenvalue weighted by Crippen LogP contribution is -2.52. The van der Waals surface area contributed by atoms with Gasteiger partial charge >= 0.3 is 0 Å². The Kier molecular flexibility index (Phi) is 4.64. The molecule has 2 amide bonds. The molecule has 0 atom stereocenters. The number of benzene rings is 1. The van der Waals surface area contributed by atoms with Gasteiger partial charge in [-0.05, 0) is 42.9 Å². The molecular formula is C21H24N4O2. The van der Waals surface area contributed by atoms with Crippen molar-refractivity contribution in [3.63, 3.8) is 0 Å². The van der Waals surface area contributed by atoms with Gasteiger partial charge in [0.05, 0.1) is 11.0 Å². The predicted molar refractivity (Wildman–Crippen MR) is 103 cm³/mol. The zero-order chi connectivity index (χ0) is 18.9. The molecule has 0 radical (unpaired) electrons. The largest absolute Gasteiger partial charge is 0.339 e. The van der Waals surface area contributed by atoms with Gasteiger partial charge in [-0.15, -0.1) is 6.58 Å². The molecule has 3 heterocycles. The molecule has 2 aliphatic heterocycles. The number of piperidine rings is 2. The molecule has 1 aromatic carbocycles. The van der Waals surface area contributed by atoms with Gasteiger partial charge in [0.2, 0.25) is 5.91 Å². The van der Waals surface area contributed by atoms with Crippen LogP contribution >= 0.6 is 0 Å². The highest BCUT2D eigenvalue weighted by atomic mass is 16.2. The maximum atomic E-state index is 12.9. The smallest absolute Gasteiger partial charge is 0.253 e. The summed E-state index contributed by atoms with van der Waals surface area (Å²) in [6.45, 7) is 6.61. The molecule has 0 N–H and O–H groups in total. The van der Waals surface area contributed by atoms with Crippen molar-refractivity contribution in [2.24, 2.45) is 5.41 Å². The Bertz CT molecular complexity index is 887. The molecule has 1 spiro atoms. The molecule has 2 saturated heterocycles. The van der Waals surface area contributed by atoms with Gasteiger partial charge in [0, 0.05) is 50.6 Å². The monoisotopic (exact) mass is 364 g/mol. The first kappa shape index (κ1) is 17.6. The van der Waals surface area contributed by atoms with Crippen LogP contribution in [-0.2, 0) is 4.79 Å². The van der Waals surface area contributed by atoms with E-state index in [1.54, 1.807) is 18.5 Å². The normalized spacial score (nSPS) is 19.5. The maximum Gasteiger partial charge on any atom is 0.253 e. The van der Waals surface area contributed by atoms with Crippen LogP contribution in [0, 0.1) is 5.41 Å². The topological polar surface area (TPSA) is 66.4 Å². The van der Waals surface area contributed by atoms with Gasteiger partial charge < -0.3 is 9.80 Å². The van der Waals surface area contributed by atoms with Crippen LogP contribution in [0.4, 0.5) is 0 Å². The Balaban J connectivity index is 1.44. The van der Waals surface area contributed by atoms with Gasteiger partial charge in [0.15, 0.2) is 0 Å². The lowest BCUT2D eigenvalue weighted by molar-refractivity contribution is -0.138. The van der Waals surface area contributed by atoms with Gasteiger partial charge in [-0.3, -0.25) is 19.6 Å². The summed E-state index contributed by atoms with van der Waals surface area (Å²) < 4.78 is 0. The summed E-state index contributed by atoms with van der Waals surface area (Å²) in [5.74, 6) is 0.267. The van der Waals surface area contributed by atoms with Crippen molar-refractivity contribution >= 4 is 22.8 Å². The van der Waals surface area contributed by atoms with Crippen LogP contribution in [0.3, 0.4) is 0 Å². The van der Waals surface area contributed by atoms with Gasteiger partial charge in [0.1, 0.15) is 0 Å². The number of hydrogen-bond donors (Lipinski definition) is 0. The van der Waals surface area contributed by atoms with Crippen LogP contribution in [0.2, 0.25) is 0 Å². The molecule has 2 aromatic rings. The number of likely N-dealkylation sites (tertiary alicyclic amines) is 2. The van der Waals surface area contributed by atoms with E-state index in [9.17, 15) is 9.59 Å². The van der Waals surface area contributed by atoms with Gasteiger partial charge in [0.25, 0.3) is 5.91 Å². The van der Waals surface area contributed by atoms with E-state index in [1.165, 1.54) is 0 Å². The fraction of sp³-hybridized carbons (Fsp3) is 0.429. The first-order valence-corrected chi connectivity index (χ1v) is 9.49.